The van der Waals surface area contributed by atoms with Gasteiger partial charge in [0.2, 0.25) is 11.9 Å². The molecule has 0 fully saturated rings. The number of rotatable bonds is 6. The van der Waals surface area contributed by atoms with Gasteiger partial charge in [0.05, 0.1) is 19.4 Å². The topological polar surface area (TPSA) is 81.2 Å². The molecule has 0 bridgehead atoms. The lowest BCUT2D eigenvalue weighted by Gasteiger charge is -2.11. The van der Waals surface area contributed by atoms with E-state index in [1.807, 2.05) is 31.2 Å². The molecule has 2 rings (SSSR count). The van der Waals surface area contributed by atoms with Crippen LogP contribution in [0.5, 0.6) is 11.8 Å². The van der Waals surface area contributed by atoms with E-state index < -0.39 is 0 Å². The van der Waals surface area contributed by atoms with Crippen LogP contribution in [0.1, 0.15) is 6.92 Å². The van der Waals surface area contributed by atoms with Gasteiger partial charge in [-0.05, 0) is 19.1 Å². The molecule has 0 radical (unpaired) electrons. The molecule has 0 saturated carbocycles. The second kappa shape index (κ2) is 6.55. The first-order valence-corrected chi connectivity index (χ1v) is 6.23. The predicted molar refractivity (Wildman–Crippen MR) is 76.8 cm³/mol. The average molecular weight is 275 g/mol. The van der Waals surface area contributed by atoms with Gasteiger partial charge >= 0.3 is 6.01 Å². The summed E-state index contributed by atoms with van der Waals surface area (Å²) in [6.45, 7) is 2.52. The molecule has 7 nitrogen and oxygen atoms in total. The molecule has 1 aromatic carbocycles. The standard InChI is InChI=1S/C13H17N5O2/c1-4-20-10-8-6-5-7-9(10)15-12-16-11(14-2)17-13(18-12)19-3/h5-8H,4H2,1-3H3,(H2,14,15,16,17,18). The molecule has 2 aromatic rings. The number of para-hydroxylation sites is 2. The van der Waals surface area contributed by atoms with Crippen LogP contribution in [-0.2, 0) is 0 Å². The Bertz CT molecular complexity index is 554. The highest BCUT2D eigenvalue weighted by atomic mass is 16.5. The molecule has 106 valence electrons. The number of hydrogen-bond donors (Lipinski definition) is 2. The maximum Gasteiger partial charge on any atom is 0.322 e. The summed E-state index contributed by atoms with van der Waals surface area (Å²) in [7, 11) is 3.24. The molecule has 1 aromatic heterocycles. The van der Waals surface area contributed by atoms with Crippen molar-refractivity contribution in [3.63, 3.8) is 0 Å². The molecule has 0 saturated heterocycles. The summed E-state index contributed by atoms with van der Waals surface area (Å²) in [6, 6.07) is 7.82. The van der Waals surface area contributed by atoms with Crippen LogP contribution in [0, 0.1) is 0 Å². The molecule has 0 aliphatic rings. The Balaban J connectivity index is 2.29. The van der Waals surface area contributed by atoms with Crippen LogP contribution in [-0.4, -0.2) is 35.7 Å². The van der Waals surface area contributed by atoms with E-state index in [0.29, 0.717) is 18.5 Å². The SMILES string of the molecule is CCOc1ccccc1Nc1nc(NC)nc(OC)n1. The van der Waals surface area contributed by atoms with Gasteiger partial charge < -0.3 is 20.1 Å². The quantitative estimate of drug-likeness (QED) is 0.835. The summed E-state index contributed by atoms with van der Waals surface area (Å²) < 4.78 is 10.6. The first-order valence-electron chi connectivity index (χ1n) is 6.23. The fourth-order valence-corrected chi connectivity index (χ4v) is 1.59. The molecular weight excluding hydrogens is 258 g/mol. The molecule has 7 heteroatoms. The van der Waals surface area contributed by atoms with Gasteiger partial charge in [-0.15, -0.1) is 0 Å². The lowest BCUT2D eigenvalue weighted by molar-refractivity contribution is 0.342. The van der Waals surface area contributed by atoms with Crippen molar-refractivity contribution in [2.45, 2.75) is 6.92 Å². The van der Waals surface area contributed by atoms with E-state index in [2.05, 4.69) is 25.6 Å². The van der Waals surface area contributed by atoms with Crippen LogP contribution in [0.2, 0.25) is 0 Å². The van der Waals surface area contributed by atoms with Crippen LogP contribution in [0.3, 0.4) is 0 Å². The number of nitrogens with one attached hydrogen (secondary N) is 2. The summed E-state index contributed by atoms with van der Waals surface area (Å²) in [5.41, 5.74) is 0.782. The first kappa shape index (κ1) is 13.9. The van der Waals surface area contributed by atoms with E-state index in [1.165, 1.54) is 7.11 Å². The van der Waals surface area contributed by atoms with Crippen molar-refractivity contribution in [1.29, 1.82) is 0 Å². The van der Waals surface area contributed by atoms with Crippen molar-refractivity contribution >= 4 is 17.6 Å². The van der Waals surface area contributed by atoms with Crippen molar-refractivity contribution in [2.75, 3.05) is 31.4 Å². The van der Waals surface area contributed by atoms with Gasteiger partial charge in [-0.1, -0.05) is 12.1 Å². The maximum atomic E-state index is 5.54. The Hall–Kier alpha value is -2.57. The zero-order valence-corrected chi connectivity index (χ0v) is 11.7. The lowest BCUT2D eigenvalue weighted by Crippen LogP contribution is -2.06. The molecule has 20 heavy (non-hydrogen) atoms. The highest BCUT2D eigenvalue weighted by molar-refractivity contribution is 5.62. The van der Waals surface area contributed by atoms with E-state index in [9.17, 15) is 0 Å². The third-order valence-corrected chi connectivity index (χ3v) is 2.45. The molecule has 0 amide bonds. The van der Waals surface area contributed by atoms with Crippen LogP contribution < -0.4 is 20.1 Å². The number of benzene rings is 1. The van der Waals surface area contributed by atoms with Gasteiger partial charge in [0.25, 0.3) is 0 Å². The minimum Gasteiger partial charge on any atom is -0.492 e. The molecule has 0 atom stereocenters. The number of ether oxygens (including phenoxy) is 2. The summed E-state index contributed by atoms with van der Waals surface area (Å²) in [4.78, 5) is 12.4. The highest BCUT2D eigenvalue weighted by Gasteiger charge is 2.08. The van der Waals surface area contributed by atoms with Gasteiger partial charge in [0, 0.05) is 7.05 Å². The Kier molecular flexibility index (Phi) is 4.54. The van der Waals surface area contributed by atoms with E-state index >= 15 is 0 Å². The smallest absolute Gasteiger partial charge is 0.322 e. The number of aromatic nitrogens is 3. The highest BCUT2D eigenvalue weighted by Crippen LogP contribution is 2.26. The number of nitrogens with zero attached hydrogens (tertiary/aromatic N) is 3. The average Bonchev–Trinajstić information content (AvgIpc) is 2.49. The van der Waals surface area contributed by atoms with E-state index in [-0.39, 0.29) is 6.01 Å². The lowest BCUT2D eigenvalue weighted by atomic mass is 10.3. The Morgan fingerprint density at radius 1 is 1.10 bits per heavy atom. The fraction of sp³-hybridized carbons (Fsp3) is 0.308. The molecule has 0 spiro atoms. The Labute approximate surface area is 117 Å². The van der Waals surface area contributed by atoms with Gasteiger partial charge in [-0.2, -0.15) is 15.0 Å². The van der Waals surface area contributed by atoms with Crippen LogP contribution in [0.15, 0.2) is 24.3 Å². The van der Waals surface area contributed by atoms with Crippen molar-refractivity contribution in [3.8, 4) is 11.8 Å². The molecule has 0 aliphatic carbocycles. The second-order valence-electron chi connectivity index (χ2n) is 3.77. The second-order valence-corrected chi connectivity index (χ2v) is 3.77. The van der Waals surface area contributed by atoms with Crippen LogP contribution in [0.25, 0.3) is 0 Å². The largest absolute Gasteiger partial charge is 0.492 e. The molecular formula is C13H17N5O2. The fourth-order valence-electron chi connectivity index (χ4n) is 1.59. The van der Waals surface area contributed by atoms with Gasteiger partial charge in [0.15, 0.2) is 0 Å². The summed E-state index contributed by atoms with van der Waals surface area (Å²) in [5, 5.41) is 5.95. The summed E-state index contributed by atoms with van der Waals surface area (Å²) >= 11 is 0. The Morgan fingerprint density at radius 3 is 2.55 bits per heavy atom. The summed E-state index contributed by atoms with van der Waals surface area (Å²) in [6.07, 6.45) is 0. The normalized spacial score (nSPS) is 9.95. The molecule has 0 unspecified atom stereocenters. The maximum absolute atomic E-state index is 5.54. The number of hydrogen-bond acceptors (Lipinski definition) is 7. The van der Waals surface area contributed by atoms with E-state index in [1.54, 1.807) is 7.05 Å². The molecule has 1 heterocycles. The minimum atomic E-state index is 0.237. The predicted octanol–water partition coefficient (Wildman–Crippen LogP) is 2.06. The van der Waals surface area contributed by atoms with E-state index in [4.69, 9.17) is 9.47 Å². The van der Waals surface area contributed by atoms with Gasteiger partial charge in [0.1, 0.15) is 5.75 Å². The zero-order valence-electron chi connectivity index (χ0n) is 11.7. The third kappa shape index (κ3) is 3.25. The van der Waals surface area contributed by atoms with Crippen molar-refractivity contribution in [2.24, 2.45) is 0 Å². The molecule has 0 aliphatic heterocycles. The zero-order chi connectivity index (χ0) is 14.4. The van der Waals surface area contributed by atoms with Crippen molar-refractivity contribution in [3.05, 3.63) is 24.3 Å². The monoisotopic (exact) mass is 275 g/mol. The number of anilines is 3. The minimum absolute atomic E-state index is 0.237. The van der Waals surface area contributed by atoms with Crippen LogP contribution in [0.4, 0.5) is 17.6 Å². The third-order valence-electron chi connectivity index (χ3n) is 2.45. The van der Waals surface area contributed by atoms with Gasteiger partial charge in [-0.25, -0.2) is 0 Å². The van der Waals surface area contributed by atoms with Crippen molar-refractivity contribution < 1.29 is 9.47 Å². The number of methoxy groups -OCH3 is 1. The van der Waals surface area contributed by atoms with Crippen molar-refractivity contribution in [1.82, 2.24) is 15.0 Å². The van der Waals surface area contributed by atoms with Crippen LogP contribution >= 0.6 is 0 Å². The first-order chi connectivity index (χ1) is 9.76. The Morgan fingerprint density at radius 2 is 1.85 bits per heavy atom. The van der Waals surface area contributed by atoms with E-state index in [0.717, 1.165) is 11.4 Å². The molecule has 2 N–H and O–H groups in total. The summed E-state index contributed by atoms with van der Waals surface area (Å²) in [5.74, 6) is 1.54. The van der Waals surface area contributed by atoms with Gasteiger partial charge in [-0.3, -0.25) is 0 Å².